The van der Waals surface area contributed by atoms with Crippen molar-refractivity contribution < 1.29 is 47.4 Å². The second kappa shape index (κ2) is 3.29. The number of alkyl halides is 2. The van der Waals surface area contributed by atoms with E-state index in [0.29, 0.717) is 0 Å². The molecule has 0 aliphatic carbocycles. The Morgan fingerprint density at radius 1 is 1.09 bits per heavy atom. The van der Waals surface area contributed by atoms with Crippen molar-refractivity contribution in [1.29, 1.82) is 0 Å². The molecule has 0 spiro atoms. The van der Waals surface area contributed by atoms with E-state index < -0.39 is 19.8 Å². The molecule has 0 unspecified atom stereocenters. The normalized spacial score (nSPS) is 15.0. The third kappa shape index (κ3) is 4.61. The summed E-state index contributed by atoms with van der Waals surface area (Å²) in [6.45, 7) is 0. The zero-order chi connectivity index (χ0) is 8.60. The average Bonchev–Trinajstić information content (AvgIpc) is 1.59. The molecule has 0 rings (SSSR count). The van der Waals surface area contributed by atoms with Gasteiger partial charge in [0.2, 0.25) is 0 Å². The van der Waals surface area contributed by atoms with Crippen LogP contribution < -0.4 is 0 Å². The number of carbonyl (C=O) groups is 1. The molecule has 73 valence electrons. The molecule has 0 saturated heterocycles. The quantitative estimate of drug-likeness (QED) is 0.418. The largest absolute Gasteiger partial charge is 0 e. The molecule has 0 fully saturated rings. The van der Waals surface area contributed by atoms with Crippen molar-refractivity contribution in [3.8, 4) is 0 Å². The molecule has 11 heavy (non-hydrogen) atoms. The standard InChI is InChI=1S/C2HF6OP.Cu/c3-1(4)2(9)10(5,6,7)8;/h1H;. The maximum atomic E-state index is 11.0. The van der Waals surface area contributed by atoms with Crippen molar-refractivity contribution in [3.63, 3.8) is 0 Å². The van der Waals surface area contributed by atoms with Gasteiger partial charge in [0.15, 0.2) is 0 Å². The molecule has 0 saturated carbocycles. The zero-order valence-corrected chi connectivity index (χ0v) is 6.34. The van der Waals surface area contributed by atoms with E-state index in [1.807, 2.05) is 0 Å². The fourth-order valence-electron chi connectivity index (χ4n) is 0.148. The van der Waals surface area contributed by atoms with Crippen LogP contribution in [-0.4, -0.2) is 11.9 Å². The van der Waals surface area contributed by atoms with Crippen LogP contribution in [0, 0.1) is 0 Å². The number of halogens is 6. The van der Waals surface area contributed by atoms with Crippen molar-refractivity contribution in [2.75, 3.05) is 0 Å². The third-order valence-electron chi connectivity index (χ3n) is 0.520. The van der Waals surface area contributed by atoms with Gasteiger partial charge in [0, 0.05) is 17.1 Å². The van der Waals surface area contributed by atoms with Crippen molar-refractivity contribution in [1.82, 2.24) is 0 Å². The molecule has 1 radical (unpaired) electrons. The Morgan fingerprint density at radius 2 is 1.36 bits per heavy atom. The van der Waals surface area contributed by atoms with Gasteiger partial charge in [-0.1, -0.05) is 0 Å². The summed E-state index contributed by atoms with van der Waals surface area (Å²) < 4.78 is 65.9. The molecule has 0 heterocycles. The maximum absolute atomic E-state index is 11.0. The summed E-state index contributed by atoms with van der Waals surface area (Å²) in [6, 6.07) is 0. The van der Waals surface area contributed by atoms with E-state index in [-0.39, 0.29) is 17.1 Å². The minimum atomic E-state index is -8.67. The van der Waals surface area contributed by atoms with Gasteiger partial charge in [-0.05, 0) is 0 Å². The van der Waals surface area contributed by atoms with Crippen LogP contribution in [0.4, 0.5) is 25.6 Å². The van der Waals surface area contributed by atoms with Crippen LogP contribution in [0.25, 0.3) is 0 Å². The summed E-state index contributed by atoms with van der Waals surface area (Å²) in [5.74, 6) is 0. The van der Waals surface area contributed by atoms with Gasteiger partial charge in [0.05, 0.1) is 0 Å². The zero-order valence-electron chi connectivity index (χ0n) is 4.50. The van der Waals surface area contributed by atoms with Gasteiger partial charge in [-0.2, -0.15) is 0 Å². The van der Waals surface area contributed by atoms with Crippen molar-refractivity contribution >= 4 is 13.4 Å². The van der Waals surface area contributed by atoms with Crippen LogP contribution in [0.15, 0.2) is 0 Å². The molecule has 0 bridgehead atoms. The maximum Gasteiger partial charge on any atom is 0 e. The van der Waals surface area contributed by atoms with Crippen molar-refractivity contribution in [2.24, 2.45) is 0 Å². The van der Waals surface area contributed by atoms with E-state index in [0.717, 1.165) is 0 Å². The predicted octanol–water partition coefficient (Wildman–Crippen LogP) is 2.87. The first kappa shape index (κ1) is 13.8. The molecule has 0 aliphatic heterocycles. The van der Waals surface area contributed by atoms with Crippen LogP contribution in [0.5, 0.6) is 0 Å². The Balaban J connectivity index is 0. The first-order valence-electron chi connectivity index (χ1n) is 1.83. The summed E-state index contributed by atoms with van der Waals surface area (Å²) >= 11 is 0. The average molecular weight is 250 g/mol. The molecule has 1 nitrogen and oxygen atoms in total. The first-order chi connectivity index (χ1) is 4.11. The van der Waals surface area contributed by atoms with Gasteiger partial charge < -0.3 is 0 Å². The Labute approximate surface area is 68.0 Å². The minimum absolute atomic E-state index is 0. The molecular formula is C2HCuF6OP. The third-order valence-corrected chi connectivity index (χ3v) is 1.38. The molecule has 0 aliphatic rings. The van der Waals surface area contributed by atoms with Crippen molar-refractivity contribution in [3.05, 3.63) is 0 Å². The predicted molar refractivity (Wildman–Crippen MR) is 22.4 cm³/mol. The van der Waals surface area contributed by atoms with Gasteiger partial charge in [0.25, 0.3) is 0 Å². The fourth-order valence-corrected chi connectivity index (χ4v) is 0.443. The van der Waals surface area contributed by atoms with Gasteiger partial charge in [-0.3, -0.25) is 0 Å². The van der Waals surface area contributed by atoms with E-state index in [2.05, 4.69) is 0 Å². The number of hydrogen-bond acceptors (Lipinski definition) is 1. The summed E-state index contributed by atoms with van der Waals surface area (Å²) in [7, 11) is -8.67. The number of carbonyl (C=O) groups excluding carboxylic acids is 1. The molecule has 0 aromatic rings. The van der Waals surface area contributed by atoms with E-state index in [1.165, 1.54) is 0 Å². The SMILES string of the molecule is O=C(C(F)F)P(F)(F)(F)F.[Cu]. The van der Waals surface area contributed by atoms with Gasteiger partial charge in [-0.15, -0.1) is 0 Å². The number of hydrogen-bond donors (Lipinski definition) is 0. The van der Waals surface area contributed by atoms with Crippen LogP contribution in [0.3, 0.4) is 0 Å². The Hall–Kier alpha value is 0.199. The Kier molecular flexibility index (Phi) is 4.12. The summed E-state index contributed by atoms with van der Waals surface area (Å²) in [6.07, 6.45) is -4.30. The van der Waals surface area contributed by atoms with Gasteiger partial charge >= 0.3 is 50.2 Å². The van der Waals surface area contributed by atoms with Crippen LogP contribution in [-0.2, 0) is 21.9 Å². The molecule has 0 amide bonds. The second-order valence-corrected chi connectivity index (χ2v) is 3.24. The molecular weight excluding hydrogens is 249 g/mol. The van der Waals surface area contributed by atoms with E-state index in [9.17, 15) is 30.4 Å². The monoisotopic (exact) mass is 249 g/mol. The van der Waals surface area contributed by atoms with E-state index in [4.69, 9.17) is 0 Å². The second-order valence-electron chi connectivity index (χ2n) is 1.36. The summed E-state index contributed by atoms with van der Waals surface area (Å²) in [5.41, 5.74) is -3.55. The molecule has 9 heteroatoms. The van der Waals surface area contributed by atoms with Crippen LogP contribution in [0.2, 0.25) is 0 Å². The van der Waals surface area contributed by atoms with Crippen molar-refractivity contribution in [2.45, 2.75) is 6.43 Å². The smallest absolute Gasteiger partial charge is 0 e. The van der Waals surface area contributed by atoms with Crippen LogP contribution >= 0.6 is 7.85 Å². The number of rotatable bonds is 2. The molecule has 0 aromatic heterocycles. The van der Waals surface area contributed by atoms with Gasteiger partial charge in [0.1, 0.15) is 0 Å². The molecule has 0 aromatic carbocycles. The summed E-state index contributed by atoms with van der Waals surface area (Å²) in [5, 5.41) is 0. The van der Waals surface area contributed by atoms with Gasteiger partial charge in [-0.25, -0.2) is 0 Å². The Bertz CT molecular complexity index is 152. The minimum Gasteiger partial charge on any atom is 0 e. The van der Waals surface area contributed by atoms with E-state index >= 15 is 0 Å². The molecule has 0 N–H and O–H groups in total. The summed E-state index contributed by atoms with van der Waals surface area (Å²) in [4.78, 5) is 9.29. The Morgan fingerprint density at radius 3 is 1.36 bits per heavy atom. The van der Waals surface area contributed by atoms with E-state index in [1.54, 1.807) is 0 Å². The topological polar surface area (TPSA) is 17.1 Å². The first-order valence-corrected chi connectivity index (χ1v) is 3.63. The van der Waals surface area contributed by atoms with Crippen LogP contribution in [0.1, 0.15) is 0 Å². The molecule has 0 atom stereocenters. The fraction of sp³-hybridized carbons (Fsp3) is 0.500.